The van der Waals surface area contributed by atoms with Crippen molar-refractivity contribution >= 4 is 11.6 Å². The fourth-order valence-corrected chi connectivity index (χ4v) is 3.21. The number of carbonyl (C=O) groups excluding carboxylic acids is 1. The highest BCUT2D eigenvalue weighted by Crippen LogP contribution is 2.31. The molecule has 2 atom stereocenters. The maximum Gasteiger partial charge on any atom is 0.223 e. The van der Waals surface area contributed by atoms with Crippen LogP contribution >= 0.6 is 0 Å². The largest absolute Gasteiger partial charge is 0.508 e. The Morgan fingerprint density at radius 1 is 1.40 bits per heavy atom. The fourth-order valence-electron chi connectivity index (χ4n) is 3.21. The van der Waals surface area contributed by atoms with Gasteiger partial charge < -0.3 is 20.6 Å². The maximum absolute atomic E-state index is 11.7. The van der Waals surface area contributed by atoms with Gasteiger partial charge >= 0.3 is 0 Å². The van der Waals surface area contributed by atoms with E-state index in [0.717, 1.165) is 37.3 Å². The van der Waals surface area contributed by atoms with Crippen LogP contribution in [0.25, 0.3) is 0 Å². The third kappa shape index (κ3) is 2.22. The number of anilines is 1. The minimum Gasteiger partial charge on any atom is -0.508 e. The van der Waals surface area contributed by atoms with Gasteiger partial charge in [0.1, 0.15) is 5.75 Å². The molecule has 0 spiro atoms. The first-order valence-electron chi connectivity index (χ1n) is 7.19. The van der Waals surface area contributed by atoms with Crippen LogP contribution in [-0.4, -0.2) is 41.6 Å². The Bertz CT molecular complexity index is 530. The minimum absolute atomic E-state index is 0.173. The molecule has 108 valence electrons. The number of hydrogen-bond donors (Lipinski definition) is 2. The van der Waals surface area contributed by atoms with E-state index in [1.807, 2.05) is 24.0 Å². The third-order valence-electron chi connectivity index (χ3n) is 4.36. The Morgan fingerprint density at radius 2 is 2.20 bits per heavy atom. The van der Waals surface area contributed by atoms with E-state index >= 15 is 0 Å². The number of phenolic OH excluding ortho intramolecular Hbond substituents is 1. The van der Waals surface area contributed by atoms with Gasteiger partial charge in [0.15, 0.2) is 0 Å². The van der Waals surface area contributed by atoms with Crippen LogP contribution in [-0.2, 0) is 4.79 Å². The molecule has 1 aromatic rings. The molecule has 5 nitrogen and oxygen atoms in total. The quantitative estimate of drug-likeness (QED) is 0.851. The predicted molar refractivity (Wildman–Crippen MR) is 77.7 cm³/mol. The molecule has 1 aromatic carbocycles. The zero-order chi connectivity index (χ0) is 14.3. The molecule has 3 rings (SSSR count). The fraction of sp³-hybridized carbons (Fsp3) is 0.533. The molecule has 0 radical (unpaired) electrons. The average molecular weight is 275 g/mol. The second kappa shape index (κ2) is 4.98. The molecule has 20 heavy (non-hydrogen) atoms. The SMILES string of the molecule is CC(N)c1ccc(N2CCN3C(=O)CCC3C2)cc1O. The zero-order valence-corrected chi connectivity index (χ0v) is 11.7. The highest BCUT2D eigenvalue weighted by molar-refractivity contribution is 5.79. The molecule has 2 heterocycles. The lowest BCUT2D eigenvalue weighted by Crippen LogP contribution is -2.51. The minimum atomic E-state index is -0.173. The van der Waals surface area contributed by atoms with Gasteiger partial charge in [-0.1, -0.05) is 6.07 Å². The first-order chi connectivity index (χ1) is 9.56. The van der Waals surface area contributed by atoms with Gasteiger partial charge in [0, 0.05) is 55.5 Å². The molecule has 3 N–H and O–H groups in total. The number of rotatable bonds is 2. The smallest absolute Gasteiger partial charge is 0.223 e. The van der Waals surface area contributed by atoms with Crippen molar-refractivity contribution in [1.82, 2.24) is 4.90 Å². The molecule has 0 aliphatic carbocycles. The van der Waals surface area contributed by atoms with Crippen LogP contribution in [0.15, 0.2) is 18.2 Å². The van der Waals surface area contributed by atoms with E-state index in [-0.39, 0.29) is 17.7 Å². The topological polar surface area (TPSA) is 69.8 Å². The molecular weight excluding hydrogens is 254 g/mol. The summed E-state index contributed by atoms with van der Waals surface area (Å²) < 4.78 is 0. The van der Waals surface area contributed by atoms with E-state index in [1.54, 1.807) is 6.07 Å². The van der Waals surface area contributed by atoms with Gasteiger partial charge in [0.2, 0.25) is 5.91 Å². The number of piperazine rings is 1. The molecular formula is C15H21N3O2. The number of phenols is 1. The van der Waals surface area contributed by atoms with E-state index in [1.165, 1.54) is 0 Å². The van der Waals surface area contributed by atoms with Crippen LogP contribution < -0.4 is 10.6 Å². The first kappa shape index (κ1) is 13.2. The third-order valence-corrected chi connectivity index (χ3v) is 4.36. The van der Waals surface area contributed by atoms with Crippen LogP contribution in [0.4, 0.5) is 5.69 Å². The lowest BCUT2D eigenvalue weighted by molar-refractivity contribution is -0.129. The van der Waals surface area contributed by atoms with E-state index in [4.69, 9.17) is 5.73 Å². The molecule has 2 aliphatic heterocycles. The Labute approximate surface area is 119 Å². The standard InChI is InChI=1S/C15H21N3O2/c1-10(16)13-4-2-11(8-14(13)19)17-6-7-18-12(9-17)3-5-15(18)20/h2,4,8,10,12,19H,3,5-7,9,16H2,1H3. The van der Waals surface area contributed by atoms with Crippen molar-refractivity contribution in [2.75, 3.05) is 24.5 Å². The lowest BCUT2D eigenvalue weighted by Gasteiger charge is -2.39. The number of aromatic hydroxyl groups is 1. The molecule has 2 aliphatic rings. The summed E-state index contributed by atoms with van der Waals surface area (Å²) in [7, 11) is 0. The van der Waals surface area contributed by atoms with Gasteiger partial charge in [-0.3, -0.25) is 4.79 Å². The summed E-state index contributed by atoms with van der Waals surface area (Å²) in [5, 5.41) is 10.1. The number of fused-ring (bicyclic) bond motifs is 1. The van der Waals surface area contributed by atoms with Crippen molar-refractivity contribution in [2.24, 2.45) is 5.73 Å². The number of carbonyl (C=O) groups is 1. The van der Waals surface area contributed by atoms with E-state index in [9.17, 15) is 9.90 Å². The summed E-state index contributed by atoms with van der Waals surface area (Å²) in [6.07, 6.45) is 1.62. The van der Waals surface area contributed by atoms with Crippen molar-refractivity contribution in [1.29, 1.82) is 0 Å². The summed E-state index contributed by atoms with van der Waals surface area (Å²) in [4.78, 5) is 15.9. The number of nitrogens with zero attached hydrogens (tertiary/aromatic N) is 2. The summed E-state index contributed by atoms with van der Waals surface area (Å²) in [5.74, 6) is 0.534. The molecule has 2 fully saturated rings. The van der Waals surface area contributed by atoms with Gasteiger partial charge in [-0.15, -0.1) is 0 Å². The Morgan fingerprint density at radius 3 is 2.90 bits per heavy atom. The van der Waals surface area contributed by atoms with Gasteiger partial charge in [-0.25, -0.2) is 0 Å². The van der Waals surface area contributed by atoms with E-state index in [2.05, 4.69) is 4.90 Å². The van der Waals surface area contributed by atoms with E-state index < -0.39 is 0 Å². The predicted octanol–water partition coefficient (Wildman–Crippen LogP) is 1.22. The van der Waals surface area contributed by atoms with Crippen LogP contribution in [0.1, 0.15) is 31.4 Å². The molecule has 0 aromatic heterocycles. The van der Waals surface area contributed by atoms with Gasteiger partial charge in [0.05, 0.1) is 0 Å². The number of amides is 1. The number of hydrogen-bond acceptors (Lipinski definition) is 4. The Kier molecular flexibility index (Phi) is 3.30. The van der Waals surface area contributed by atoms with Crippen LogP contribution in [0.3, 0.4) is 0 Å². The molecule has 2 saturated heterocycles. The van der Waals surface area contributed by atoms with Gasteiger partial charge in [-0.05, 0) is 19.4 Å². The maximum atomic E-state index is 11.7. The average Bonchev–Trinajstić information content (AvgIpc) is 2.79. The second-order valence-corrected chi connectivity index (χ2v) is 5.76. The van der Waals surface area contributed by atoms with Crippen molar-refractivity contribution in [3.63, 3.8) is 0 Å². The Hall–Kier alpha value is -1.75. The highest BCUT2D eigenvalue weighted by Gasteiger charge is 2.35. The number of nitrogens with two attached hydrogens (primary N) is 1. The van der Waals surface area contributed by atoms with Crippen molar-refractivity contribution in [3.05, 3.63) is 23.8 Å². The molecule has 1 amide bonds. The zero-order valence-electron chi connectivity index (χ0n) is 11.7. The summed E-state index contributed by atoms with van der Waals surface area (Å²) in [6.45, 7) is 4.30. The van der Waals surface area contributed by atoms with Crippen molar-refractivity contribution in [2.45, 2.75) is 31.8 Å². The second-order valence-electron chi connectivity index (χ2n) is 5.76. The monoisotopic (exact) mass is 275 g/mol. The normalized spacial score (nSPS) is 23.9. The molecule has 0 saturated carbocycles. The summed E-state index contributed by atoms with van der Waals surface area (Å²) >= 11 is 0. The van der Waals surface area contributed by atoms with Crippen LogP contribution in [0.2, 0.25) is 0 Å². The highest BCUT2D eigenvalue weighted by atomic mass is 16.3. The Balaban J connectivity index is 1.77. The van der Waals surface area contributed by atoms with Gasteiger partial charge in [0.25, 0.3) is 0 Å². The first-order valence-corrected chi connectivity index (χ1v) is 7.19. The van der Waals surface area contributed by atoms with Crippen molar-refractivity contribution in [3.8, 4) is 5.75 Å². The van der Waals surface area contributed by atoms with E-state index in [0.29, 0.717) is 12.5 Å². The van der Waals surface area contributed by atoms with Gasteiger partial charge in [-0.2, -0.15) is 0 Å². The summed E-state index contributed by atoms with van der Waals surface area (Å²) in [5.41, 5.74) is 7.58. The lowest BCUT2D eigenvalue weighted by atomic mass is 10.1. The summed E-state index contributed by atoms with van der Waals surface area (Å²) in [6, 6.07) is 5.83. The van der Waals surface area contributed by atoms with Crippen LogP contribution in [0.5, 0.6) is 5.75 Å². The van der Waals surface area contributed by atoms with Crippen LogP contribution in [0, 0.1) is 0 Å². The molecule has 2 unspecified atom stereocenters. The molecule has 5 heteroatoms. The number of benzene rings is 1. The van der Waals surface area contributed by atoms with Crippen molar-refractivity contribution < 1.29 is 9.90 Å². The molecule has 0 bridgehead atoms.